The van der Waals surface area contributed by atoms with Gasteiger partial charge in [-0.2, -0.15) is 0 Å². The van der Waals surface area contributed by atoms with Crippen molar-refractivity contribution in [2.45, 2.75) is 18.3 Å². The predicted octanol–water partition coefficient (Wildman–Crippen LogP) is 3.39. The molecule has 0 atom stereocenters. The van der Waals surface area contributed by atoms with Crippen LogP contribution in [-0.4, -0.2) is 50.3 Å². The second-order valence-corrected chi connectivity index (χ2v) is 7.88. The van der Waals surface area contributed by atoms with Crippen LogP contribution in [0, 0.1) is 0 Å². The van der Waals surface area contributed by atoms with Gasteiger partial charge in [0.15, 0.2) is 0 Å². The van der Waals surface area contributed by atoms with E-state index in [1.807, 2.05) is 35.4 Å². The second-order valence-electron chi connectivity index (χ2n) is 7.88. The molecule has 0 bridgehead atoms. The number of piperidine rings is 1. The SMILES string of the molecule is CNc1ncc(C(=O)N2CCC(c3ccccc3)(c3cn4ccccc4n3)CC2)cn1. The smallest absolute Gasteiger partial charge is 0.256 e. The number of carbonyl (C=O) groups is 1. The molecule has 0 aliphatic carbocycles. The Balaban J connectivity index is 1.45. The molecule has 31 heavy (non-hydrogen) atoms. The van der Waals surface area contributed by atoms with E-state index in [4.69, 9.17) is 4.98 Å². The first-order valence-electron chi connectivity index (χ1n) is 10.5. The van der Waals surface area contributed by atoms with Crippen molar-refractivity contribution in [2.24, 2.45) is 0 Å². The van der Waals surface area contributed by atoms with E-state index in [9.17, 15) is 4.79 Å². The van der Waals surface area contributed by atoms with E-state index >= 15 is 0 Å². The van der Waals surface area contributed by atoms with Gasteiger partial charge in [0, 0.05) is 50.3 Å². The lowest BCUT2D eigenvalue weighted by atomic mass is 9.70. The number of carbonyl (C=O) groups excluding carboxylic acids is 1. The summed E-state index contributed by atoms with van der Waals surface area (Å²) in [6, 6.07) is 16.6. The fourth-order valence-corrected chi connectivity index (χ4v) is 4.46. The number of hydrogen-bond donors (Lipinski definition) is 1. The van der Waals surface area contributed by atoms with E-state index in [-0.39, 0.29) is 11.3 Å². The summed E-state index contributed by atoms with van der Waals surface area (Å²) < 4.78 is 2.07. The third-order valence-electron chi connectivity index (χ3n) is 6.21. The topological polar surface area (TPSA) is 75.4 Å². The monoisotopic (exact) mass is 412 g/mol. The summed E-state index contributed by atoms with van der Waals surface area (Å²) in [5.74, 6) is 0.476. The first-order valence-corrected chi connectivity index (χ1v) is 10.5. The summed E-state index contributed by atoms with van der Waals surface area (Å²) in [6.07, 6.45) is 8.94. The highest BCUT2D eigenvalue weighted by Crippen LogP contribution is 2.41. The molecule has 0 unspecified atom stereocenters. The lowest BCUT2D eigenvalue weighted by Crippen LogP contribution is -2.46. The van der Waals surface area contributed by atoms with Crippen LogP contribution < -0.4 is 5.32 Å². The van der Waals surface area contributed by atoms with Gasteiger partial charge in [0.2, 0.25) is 5.95 Å². The van der Waals surface area contributed by atoms with E-state index in [1.54, 1.807) is 19.4 Å². The highest BCUT2D eigenvalue weighted by atomic mass is 16.2. The number of imidazole rings is 1. The van der Waals surface area contributed by atoms with Crippen molar-refractivity contribution in [3.05, 3.63) is 90.1 Å². The minimum Gasteiger partial charge on any atom is -0.357 e. The Labute approximate surface area is 180 Å². The number of aromatic nitrogens is 4. The molecule has 1 aliphatic heterocycles. The summed E-state index contributed by atoms with van der Waals surface area (Å²) >= 11 is 0. The normalized spacial score (nSPS) is 15.7. The van der Waals surface area contributed by atoms with Gasteiger partial charge in [-0.05, 0) is 30.5 Å². The number of nitrogens with one attached hydrogen (secondary N) is 1. The van der Waals surface area contributed by atoms with E-state index in [0.29, 0.717) is 24.6 Å². The van der Waals surface area contributed by atoms with Gasteiger partial charge in [0.1, 0.15) is 5.65 Å². The van der Waals surface area contributed by atoms with Crippen LogP contribution in [0.5, 0.6) is 0 Å². The van der Waals surface area contributed by atoms with Crippen LogP contribution in [0.25, 0.3) is 5.65 Å². The van der Waals surface area contributed by atoms with Crippen LogP contribution in [0.2, 0.25) is 0 Å². The first-order chi connectivity index (χ1) is 15.2. The molecule has 7 nitrogen and oxygen atoms in total. The Morgan fingerprint density at radius 3 is 2.39 bits per heavy atom. The summed E-state index contributed by atoms with van der Waals surface area (Å²) in [4.78, 5) is 28.2. The highest BCUT2D eigenvalue weighted by Gasteiger charge is 2.41. The Morgan fingerprint density at radius 1 is 1.00 bits per heavy atom. The Kier molecular flexibility index (Phi) is 4.86. The zero-order valence-corrected chi connectivity index (χ0v) is 17.4. The fraction of sp³-hybridized carbons (Fsp3) is 0.250. The molecular formula is C24H24N6O. The number of hydrogen-bond acceptors (Lipinski definition) is 5. The minimum atomic E-state index is -0.226. The molecule has 1 aliphatic rings. The maximum atomic E-state index is 13.0. The largest absolute Gasteiger partial charge is 0.357 e. The molecule has 0 saturated carbocycles. The molecule has 0 spiro atoms. The van der Waals surface area contributed by atoms with Crippen LogP contribution in [-0.2, 0) is 5.41 Å². The van der Waals surface area contributed by atoms with Crippen LogP contribution >= 0.6 is 0 Å². The van der Waals surface area contributed by atoms with Crippen molar-refractivity contribution in [1.29, 1.82) is 0 Å². The summed E-state index contributed by atoms with van der Waals surface area (Å²) in [7, 11) is 1.75. The molecule has 4 heterocycles. The van der Waals surface area contributed by atoms with Crippen molar-refractivity contribution >= 4 is 17.5 Å². The highest BCUT2D eigenvalue weighted by molar-refractivity contribution is 5.93. The number of fused-ring (bicyclic) bond motifs is 1. The average molecular weight is 412 g/mol. The van der Waals surface area contributed by atoms with Gasteiger partial charge >= 0.3 is 0 Å². The number of amides is 1. The zero-order valence-electron chi connectivity index (χ0n) is 17.4. The Hall–Kier alpha value is -3.74. The Morgan fingerprint density at radius 2 is 1.71 bits per heavy atom. The van der Waals surface area contributed by atoms with Gasteiger partial charge in [0.25, 0.3) is 5.91 Å². The van der Waals surface area contributed by atoms with Gasteiger partial charge in [-0.15, -0.1) is 0 Å². The molecule has 1 saturated heterocycles. The van der Waals surface area contributed by atoms with Crippen molar-refractivity contribution in [3.8, 4) is 0 Å². The average Bonchev–Trinajstić information content (AvgIpc) is 3.29. The molecule has 3 aromatic heterocycles. The Bertz CT molecular complexity index is 1160. The minimum absolute atomic E-state index is 0.0284. The standard InChI is InChI=1S/C24H24N6O/c1-25-23-26-15-18(16-27-23)22(31)29-13-10-24(11-14-29,19-7-3-2-4-8-19)20-17-30-12-6-5-9-21(30)28-20/h2-9,12,15-17H,10-11,13-14H2,1H3,(H,25,26,27). The second kappa shape index (κ2) is 7.83. The van der Waals surface area contributed by atoms with Crippen LogP contribution in [0.4, 0.5) is 5.95 Å². The number of anilines is 1. The van der Waals surface area contributed by atoms with Gasteiger partial charge in [-0.1, -0.05) is 36.4 Å². The molecule has 1 aromatic carbocycles. The van der Waals surface area contributed by atoms with Crippen molar-refractivity contribution in [3.63, 3.8) is 0 Å². The quantitative estimate of drug-likeness (QED) is 0.556. The van der Waals surface area contributed by atoms with E-state index in [1.165, 1.54) is 5.56 Å². The number of rotatable bonds is 4. The van der Waals surface area contributed by atoms with Crippen molar-refractivity contribution < 1.29 is 4.79 Å². The van der Waals surface area contributed by atoms with Crippen LogP contribution in [0.3, 0.4) is 0 Å². The third kappa shape index (κ3) is 3.42. The van der Waals surface area contributed by atoms with E-state index in [2.05, 4.69) is 50.1 Å². The number of likely N-dealkylation sites (tertiary alicyclic amines) is 1. The van der Waals surface area contributed by atoms with Gasteiger partial charge in [-0.25, -0.2) is 15.0 Å². The first kappa shape index (κ1) is 19.2. The van der Waals surface area contributed by atoms with Gasteiger partial charge in [-0.3, -0.25) is 4.79 Å². The van der Waals surface area contributed by atoms with Crippen molar-refractivity contribution in [2.75, 3.05) is 25.5 Å². The molecule has 156 valence electrons. The predicted molar refractivity (Wildman–Crippen MR) is 119 cm³/mol. The molecule has 1 amide bonds. The summed E-state index contributed by atoms with van der Waals surface area (Å²) in [6.45, 7) is 1.30. The lowest BCUT2D eigenvalue weighted by Gasteiger charge is -2.41. The fourth-order valence-electron chi connectivity index (χ4n) is 4.46. The van der Waals surface area contributed by atoms with Crippen LogP contribution in [0.1, 0.15) is 34.5 Å². The zero-order chi connectivity index (χ0) is 21.3. The number of pyridine rings is 1. The van der Waals surface area contributed by atoms with Gasteiger partial charge in [0.05, 0.1) is 11.3 Å². The molecule has 0 radical (unpaired) electrons. The molecule has 7 heteroatoms. The molecular weight excluding hydrogens is 388 g/mol. The van der Waals surface area contributed by atoms with E-state index in [0.717, 1.165) is 24.2 Å². The molecule has 1 N–H and O–H groups in total. The summed E-state index contributed by atoms with van der Waals surface area (Å²) in [5.41, 5.74) is 3.52. The van der Waals surface area contributed by atoms with Gasteiger partial charge < -0.3 is 14.6 Å². The molecule has 5 rings (SSSR count). The number of benzene rings is 1. The number of nitrogens with zero attached hydrogens (tertiary/aromatic N) is 5. The lowest BCUT2D eigenvalue weighted by molar-refractivity contribution is 0.0683. The maximum absolute atomic E-state index is 13.0. The van der Waals surface area contributed by atoms with Crippen molar-refractivity contribution in [1.82, 2.24) is 24.3 Å². The van der Waals surface area contributed by atoms with Crippen LogP contribution in [0.15, 0.2) is 73.3 Å². The summed E-state index contributed by atoms with van der Waals surface area (Å²) in [5, 5.41) is 2.87. The van der Waals surface area contributed by atoms with E-state index < -0.39 is 0 Å². The third-order valence-corrected chi connectivity index (χ3v) is 6.21. The maximum Gasteiger partial charge on any atom is 0.256 e. The molecule has 1 fully saturated rings. The molecule has 4 aromatic rings.